The molecule has 0 spiro atoms. The van der Waals surface area contributed by atoms with Crippen molar-refractivity contribution in [1.29, 1.82) is 0 Å². The van der Waals surface area contributed by atoms with Crippen molar-refractivity contribution in [2.24, 2.45) is 0 Å². The van der Waals surface area contributed by atoms with Gasteiger partial charge >= 0.3 is 6.09 Å². The van der Waals surface area contributed by atoms with Crippen LogP contribution in [0.2, 0.25) is 0 Å². The number of nitrogens with one attached hydrogen (secondary N) is 1. The van der Waals surface area contributed by atoms with Gasteiger partial charge in [-0.2, -0.15) is 0 Å². The van der Waals surface area contributed by atoms with Gasteiger partial charge in [0.25, 0.3) is 0 Å². The molecule has 0 fully saturated rings. The first kappa shape index (κ1) is 15.3. The quantitative estimate of drug-likeness (QED) is 0.645. The lowest BCUT2D eigenvalue weighted by Crippen LogP contribution is -2.39. The molecule has 0 bridgehead atoms. The Hall–Kier alpha value is -0.680. The second kappa shape index (κ2) is 10.8. The molecular weight excluding hydrogens is 226 g/mol. The highest BCUT2D eigenvalue weighted by Gasteiger charge is 2.09. The Bertz CT molecular complexity index is 209. The van der Waals surface area contributed by atoms with Gasteiger partial charge in [-0.15, -0.1) is 11.8 Å². The summed E-state index contributed by atoms with van der Waals surface area (Å²) >= 11 is 1.58. The Labute approximate surface area is 101 Å². The highest BCUT2D eigenvalue weighted by atomic mass is 32.2. The molecule has 1 atom stereocenters. The van der Waals surface area contributed by atoms with Crippen LogP contribution in [0.25, 0.3) is 0 Å². The van der Waals surface area contributed by atoms with Crippen LogP contribution < -0.4 is 5.32 Å². The number of amides is 1. The number of ether oxygens (including phenoxy) is 1. The van der Waals surface area contributed by atoms with E-state index < -0.39 is 6.09 Å². The third kappa shape index (κ3) is 8.61. The van der Waals surface area contributed by atoms with Crippen LogP contribution in [0.4, 0.5) is 4.79 Å². The number of thioether (sulfide) groups is 1. The molecule has 0 aromatic rings. The zero-order chi connectivity index (χ0) is 12.2. The molecule has 4 nitrogen and oxygen atoms in total. The number of rotatable bonds is 8. The SMILES string of the molecule is CCCCC=CSCC(CO)NC(=O)OC. The lowest BCUT2D eigenvalue weighted by atomic mass is 10.2. The van der Waals surface area contributed by atoms with E-state index in [0.29, 0.717) is 5.75 Å². The number of carbonyl (C=O) groups is 1. The molecule has 0 rings (SSSR count). The van der Waals surface area contributed by atoms with Gasteiger partial charge in [-0.05, 0) is 11.8 Å². The lowest BCUT2D eigenvalue weighted by Gasteiger charge is -2.13. The molecule has 94 valence electrons. The Kier molecular flexibility index (Phi) is 10.4. The van der Waals surface area contributed by atoms with Gasteiger partial charge in [0.1, 0.15) is 0 Å². The van der Waals surface area contributed by atoms with E-state index in [-0.39, 0.29) is 12.6 Å². The van der Waals surface area contributed by atoms with Crippen LogP contribution in [-0.4, -0.2) is 36.7 Å². The summed E-state index contributed by atoms with van der Waals surface area (Å²) in [5.41, 5.74) is 0. The van der Waals surface area contributed by atoms with Crippen LogP contribution in [0.3, 0.4) is 0 Å². The van der Waals surface area contributed by atoms with Crippen LogP contribution in [0, 0.1) is 0 Å². The Balaban J connectivity index is 3.62. The number of hydrogen-bond acceptors (Lipinski definition) is 4. The monoisotopic (exact) mass is 247 g/mol. The second-order valence-electron chi connectivity index (χ2n) is 3.36. The number of carbonyl (C=O) groups excluding carboxylic acids is 1. The number of unbranched alkanes of at least 4 members (excludes halogenated alkanes) is 2. The van der Waals surface area contributed by atoms with Gasteiger partial charge in [-0.1, -0.05) is 25.8 Å². The van der Waals surface area contributed by atoms with E-state index in [4.69, 9.17) is 5.11 Å². The summed E-state index contributed by atoms with van der Waals surface area (Å²) < 4.78 is 4.45. The van der Waals surface area contributed by atoms with Gasteiger partial charge in [0.15, 0.2) is 0 Å². The minimum absolute atomic E-state index is 0.0785. The topological polar surface area (TPSA) is 58.6 Å². The van der Waals surface area contributed by atoms with Crippen LogP contribution in [0.5, 0.6) is 0 Å². The predicted molar refractivity (Wildman–Crippen MR) is 67.5 cm³/mol. The van der Waals surface area contributed by atoms with Crippen molar-refractivity contribution in [3.63, 3.8) is 0 Å². The summed E-state index contributed by atoms with van der Waals surface area (Å²) in [5.74, 6) is 0.647. The van der Waals surface area contributed by atoms with Crippen molar-refractivity contribution in [3.05, 3.63) is 11.5 Å². The number of aliphatic hydroxyl groups is 1. The maximum atomic E-state index is 10.9. The molecule has 0 aromatic heterocycles. The number of aliphatic hydroxyl groups excluding tert-OH is 1. The fraction of sp³-hybridized carbons (Fsp3) is 0.727. The summed E-state index contributed by atoms with van der Waals surface area (Å²) in [6.07, 6.45) is 5.08. The lowest BCUT2D eigenvalue weighted by molar-refractivity contribution is 0.160. The van der Waals surface area contributed by atoms with Crippen LogP contribution in [0.15, 0.2) is 11.5 Å². The number of alkyl carbamates (subject to hydrolysis) is 1. The number of allylic oxidation sites excluding steroid dienone is 1. The first-order valence-corrected chi connectivity index (χ1v) is 6.51. The van der Waals surface area contributed by atoms with Gasteiger partial charge in [0.05, 0.1) is 19.8 Å². The molecule has 0 aliphatic heterocycles. The van der Waals surface area contributed by atoms with Gasteiger partial charge < -0.3 is 15.2 Å². The Morgan fingerprint density at radius 2 is 2.38 bits per heavy atom. The molecule has 0 saturated heterocycles. The molecule has 5 heteroatoms. The van der Waals surface area contributed by atoms with E-state index in [1.54, 1.807) is 11.8 Å². The minimum atomic E-state index is -0.505. The molecule has 0 saturated carbocycles. The highest BCUT2D eigenvalue weighted by molar-refractivity contribution is 8.02. The highest BCUT2D eigenvalue weighted by Crippen LogP contribution is 2.07. The Morgan fingerprint density at radius 1 is 1.62 bits per heavy atom. The first-order chi connectivity index (χ1) is 7.74. The third-order valence-corrected chi connectivity index (χ3v) is 2.92. The first-order valence-electron chi connectivity index (χ1n) is 5.46. The van der Waals surface area contributed by atoms with Crippen molar-refractivity contribution < 1.29 is 14.6 Å². The predicted octanol–water partition coefficient (Wildman–Crippen LogP) is 2.14. The smallest absolute Gasteiger partial charge is 0.407 e. The molecule has 0 aliphatic rings. The largest absolute Gasteiger partial charge is 0.453 e. The van der Waals surface area contributed by atoms with Gasteiger partial charge in [-0.3, -0.25) is 0 Å². The van der Waals surface area contributed by atoms with Gasteiger partial charge in [-0.25, -0.2) is 4.79 Å². The van der Waals surface area contributed by atoms with Crippen LogP contribution in [-0.2, 0) is 4.74 Å². The molecule has 0 heterocycles. The molecule has 0 aromatic carbocycles. The maximum absolute atomic E-state index is 10.9. The van der Waals surface area contributed by atoms with Crippen molar-refractivity contribution in [2.75, 3.05) is 19.5 Å². The van der Waals surface area contributed by atoms with Gasteiger partial charge in [0.2, 0.25) is 0 Å². The summed E-state index contributed by atoms with van der Waals surface area (Å²) in [5, 5.41) is 13.6. The van der Waals surface area contributed by atoms with E-state index in [1.165, 1.54) is 20.0 Å². The molecule has 1 amide bonds. The van der Waals surface area contributed by atoms with E-state index >= 15 is 0 Å². The van der Waals surface area contributed by atoms with Crippen LogP contribution in [0.1, 0.15) is 26.2 Å². The third-order valence-electron chi connectivity index (χ3n) is 1.94. The van der Waals surface area contributed by atoms with Crippen molar-refractivity contribution in [2.45, 2.75) is 32.2 Å². The molecular formula is C11H21NO3S. The average Bonchev–Trinajstić information content (AvgIpc) is 2.31. The average molecular weight is 247 g/mol. The zero-order valence-electron chi connectivity index (χ0n) is 9.94. The molecule has 0 aliphatic carbocycles. The zero-order valence-corrected chi connectivity index (χ0v) is 10.8. The molecule has 1 unspecified atom stereocenters. The normalized spacial score (nSPS) is 12.7. The van der Waals surface area contributed by atoms with Crippen molar-refractivity contribution >= 4 is 17.9 Å². The summed E-state index contributed by atoms with van der Waals surface area (Å²) in [6.45, 7) is 2.08. The number of methoxy groups -OCH3 is 1. The summed E-state index contributed by atoms with van der Waals surface area (Å²) in [7, 11) is 1.31. The number of hydrogen-bond donors (Lipinski definition) is 2. The van der Waals surface area contributed by atoms with Crippen LogP contribution >= 0.6 is 11.8 Å². The Morgan fingerprint density at radius 3 is 2.94 bits per heavy atom. The maximum Gasteiger partial charge on any atom is 0.407 e. The molecule has 0 radical (unpaired) electrons. The van der Waals surface area contributed by atoms with E-state index in [2.05, 4.69) is 23.1 Å². The van der Waals surface area contributed by atoms with E-state index in [9.17, 15) is 4.79 Å². The second-order valence-corrected chi connectivity index (χ2v) is 4.30. The van der Waals surface area contributed by atoms with Gasteiger partial charge in [0, 0.05) is 5.75 Å². The van der Waals surface area contributed by atoms with Crippen molar-refractivity contribution in [1.82, 2.24) is 5.32 Å². The minimum Gasteiger partial charge on any atom is -0.453 e. The molecule has 16 heavy (non-hydrogen) atoms. The standard InChI is InChI=1S/C11H21NO3S/c1-3-4-5-6-7-16-9-10(8-13)12-11(14)15-2/h6-7,10,13H,3-5,8-9H2,1-2H3,(H,12,14). The summed E-state index contributed by atoms with van der Waals surface area (Å²) in [6, 6.07) is -0.256. The van der Waals surface area contributed by atoms with E-state index in [1.807, 2.05) is 5.41 Å². The van der Waals surface area contributed by atoms with Crippen molar-refractivity contribution in [3.8, 4) is 0 Å². The fourth-order valence-electron chi connectivity index (χ4n) is 0.995. The summed E-state index contributed by atoms with van der Waals surface area (Å²) in [4.78, 5) is 10.9. The molecule has 2 N–H and O–H groups in total. The fourth-order valence-corrected chi connectivity index (χ4v) is 1.80. The van der Waals surface area contributed by atoms with E-state index in [0.717, 1.165) is 6.42 Å².